The highest BCUT2D eigenvalue weighted by molar-refractivity contribution is 6.14. The topological polar surface area (TPSA) is 3.24 Å². The van der Waals surface area contributed by atoms with Crippen LogP contribution < -0.4 is 0 Å². The SMILES string of the molecule is C=C(C)/C=C1/CC(=C)CN1Cl. The van der Waals surface area contributed by atoms with Crippen molar-refractivity contribution >= 4 is 11.8 Å². The van der Waals surface area contributed by atoms with Crippen LogP contribution in [0.25, 0.3) is 0 Å². The molecule has 0 atom stereocenters. The van der Waals surface area contributed by atoms with E-state index in [1.54, 1.807) is 4.42 Å². The van der Waals surface area contributed by atoms with E-state index >= 15 is 0 Å². The summed E-state index contributed by atoms with van der Waals surface area (Å²) in [5.74, 6) is 0. The molecule has 11 heavy (non-hydrogen) atoms. The van der Waals surface area contributed by atoms with Crippen LogP contribution in [0.2, 0.25) is 0 Å². The van der Waals surface area contributed by atoms with E-state index < -0.39 is 0 Å². The Labute approximate surface area is 72.8 Å². The van der Waals surface area contributed by atoms with Crippen molar-refractivity contribution in [2.45, 2.75) is 13.3 Å². The summed E-state index contributed by atoms with van der Waals surface area (Å²) in [4.78, 5) is 0. The number of allylic oxidation sites excluding steroid dienone is 3. The maximum atomic E-state index is 5.88. The Bertz CT molecular complexity index is 228. The smallest absolute Gasteiger partial charge is 0.0557 e. The summed E-state index contributed by atoms with van der Waals surface area (Å²) >= 11 is 5.88. The molecule has 2 heteroatoms. The van der Waals surface area contributed by atoms with Gasteiger partial charge in [-0.15, -0.1) is 0 Å². The molecule has 0 radical (unpaired) electrons. The molecule has 1 nitrogen and oxygen atoms in total. The van der Waals surface area contributed by atoms with Gasteiger partial charge in [0.25, 0.3) is 0 Å². The van der Waals surface area contributed by atoms with Gasteiger partial charge in [-0.25, -0.2) is 0 Å². The van der Waals surface area contributed by atoms with Crippen LogP contribution in [0.5, 0.6) is 0 Å². The molecule has 0 aromatic rings. The lowest BCUT2D eigenvalue weighted by Gasteiger charge is -2.07. The maximum absolute atomic E-state index is 5.88. The van der Waals surface area contributed by atoms with Crippen molar-refractivity contribution in [3.8, 4) is 0 Å². The molecule has 1 aliphatic rings. The first-order chi connectivity index (χ1) is 5.09. The Balaban J connectivity index is 2.74. The Hall–Kier alpha value is -0.690. The third-order valence-electron chi connectivity index (χ3n) is 1.52. The van der Waals surface area contributed by atoms with E-state index in [4.69, 9.17) is 11.8 Å². The van der Waals surface area contributed by atoms with Crippen LogP contribution in [0.15, 0.2) is 36.1 Å². The van der Waals surface area contributed by atoms with Crippen LogP contribution in [0.1, 0.15) is 13.3 Å². The number of halogens is 1. The molecule has 1 aliphatic heterocycles. The van der Waals surface area contributed by atoms with Gasteiger partial charge in [0.15, 0.2) is 0 Å². The summed E-state index contributed by atoms with van der Waals surface area (Å²) in [5.41, 5.74) is 3.29. The largest absolute Gasteiger partial charge is 0.285 e. The van der Waals surface area contributed by atoms with Gasteiger partial charge in [0, 0.05) is 23.9 Å². The number of hydrogen-bond donors (Lipinski definition) is 0. The first kappa shape index (κ1) is 8.41. The van der Waals surface area contributed by atoms with Crippen molar-refractivity contribution in [3.05, 3.63) is 36.1 Å². The lowest BCUT2D eigenvalue weighted by Crippen LogP contribution is -2.02. The minimum atomic E-state index is 0.765. The molecule has 0 amide bonds. The lowest BCUT2D eigenvalue weighted by atomic mass is 10.2. The van der Waals surface area contributed by atoms with Gasteiger partial charge in [-0.3, -0.25) is 4.42 Å². The molecule has 0 aromatic carbocycles. The first-order valence-corrected chi connectivity index (χ1v) is 3.89. The molecule has 0 N–H and O–H groups in total. The zero-order chi connectivity index (χ0) is 8.43. The summed E-state index contributed by atoms with van der Waals surface area (Å²) in [7, 11) is 0. The summed E-state index contributed by atoms with van der Waals surface area (Å²) in [6.45, 7) is 10.4. The Morgan fingerprint density at radius 1 is 1.73 bits per heavy atom. The van der Waals surface area contributed by atoms with E-state index in [2.05, 4.69) is 13.2 Å². The van der Waals surface area contributed by atoms with Gasteiger partial charge in [-0.2, -0.15) is 0 Å². The molecule has 0 spiro atoms. The van der Waals surface area contributed by atoms with Crippen molar-refractivity contribution in [2.75, 3.05) is 6.54 Å². The zero-order valence-electron chi connectivity index (χ0n) is 6.73. The molecule has 0 aliphatic carbocycles. The van der Waals surface area contributed by atoms with Crippen molar-refractivity contribution in [1.29, 1.82) is 0 Å². The van der Waals surface area contributed by atoms with E-state index in [-0.39, 0.29) is 0 Å². The van der Waals surface area contributed by atoms with Gasteiger partial charge >= 0.3 is 0 Å². The van der Waals surface area contributed by atoms with Gasteiger partial charge in [0.1, 0.15) is 0 Å². The summed E-state index contributed by atoms with van der Waals surface area (Å²) in [6.07, 6.45) is 2.88. The lowest BCUT2D eigenvalue weighted by molar-refractivity contribution is 0.661. The minimum Gasteiger partial charge on any atom is -0.285 e. The highest BCUT2D eigenvalue weighted by Gasteiger charge is 2.17. The Morgan fingerprint density at radius 2 is 2.36 bits per heavy atom. The second kappa shape index (κ2) is 3.14. The molecule has 1 saturated heterocycles. The molecule has 0 saturated carbocycles. The normalized spacial score (nSPS) is 21.5. The third kappa shape index (κ3) is 2.12. The molecule has 0 aromatic heterocycles. The number of nitrogens with zero attached hydrogens (tertiary/aromatic N) is 1. The molecule has 60 valence electrons. The predicted octanol–water partition coefficient (Wildman–Crippen LogP) is 2.86. The summed E-state index contributed by atoms with van der Waals surface area (Å²) in [5, 5.41) is 0. The van der Waals surface area contributed by atoms with Crippen molar-refractivity contribution < 1.29 is 0 Å². The van der Waals surface area contributed by atoms with Gasteiger partial charge < -0.3 is 0 Å². The minimum absolute atomic E-state index is 0.765. The van der Waals surface area contributed by atoms with Gasteiger partial charge in [-0.1, -0.05) is 24.3 Å². The molecular weight excluding hydrogens is 158 g/mol. The number of hydrogen-bond acceptors (Lipinski definition) is 1. The van der Waals surface area contributed by atoms with Gasteiger partial charge in [-0.05, 0) is 13.0 Å². The maximum Gasteiger partial charge on any atom is 0.0557 e. The van der Waals surface area contributed by atoms with Gasteiger partial charge in [0.05, 0.1) is 6.54 Å². The monoisotopic (exact) mass is 169 g/mol. The molecular formula is C9H12ClN. The predicted molar refractivity (Wildman–Crippen MR) is 49.2 cm³/mol. The van der Waals surface area contributed by atoms with E-state index in [0.717, 1.165) is 29.8 Å². The van der Waals surface area contributed by atoms with Crippen LogP contribution in [0.3, 0.4) is 0 Å². The average Bonchev–Trinajstić information content (AvgIpc) is 2.09. The van der Waals surface area contributed by atoms with E-state index in [0.29, 0.717) is 0 Å². The molecule has 0 bridgehead atoms. The van der Waals surface area contributed by atoms with Crippen molar-refractivity contribution in [2.24, 2.45) is 0 Å². The van der Waals surface area contributed by atoms with E-state index in [9.17, 15) is 0 Å². The van der Waals surface area contributed by atoms with Gasteiger partial charge in [0.2, 0.25) is 0 Å². The molecule has 1 fully saturated rings. The summed E-state index contributed by atoms with van der Waals surface area (Å²) < 4.78 is 1.69. The standard InChI is InChI=1S/C9H12ClN/c1-7(2)4-9-5-8(3)6-11(9)10/h4H,1,3,5-6H2,2H3/b9-4-. The highest BCUT2D eigenvalue weighted by Crippen LogP contribution is 2.26. The quantitative estimate of drug-likeness (QED) is 0.431. The fourth-order valence-electron chi connectivity index (χ4n) is 1.10. The van der Waals surface area contributed by atoms with Crippen LogP contribution in [0, 0.1) is 0 Å². The van der Waals surface area contributed by atoms with Crippen LogP contribution >= 0.6 is 11.8 Å². The van der Waals surface area contributed by atoms with Crippen molar-refractivity contribution in [1.82, 2.24) is 4.42 Å². The molecule has 1 rings (SSSR count). The second-order valence-electron chi connectivity index (χ2n) is 2.93. The second-order valence-corrected chi connectivity index (χ2v) is 3.34. The summed E-state index contributed by atoms with van der Waals surface area (Å²) in [6, 6.07) is 0. The first-order valence-electron chi connectivity index (χ1n) is 3.55. The highest BCUT2D eigenvalue weighted by atomic mass is 35.5. The van der Waals surface area contributed by atoms with E-state index in [1.165, 1.54) is 0 Å². The van der Waals surface area contributed by atoms with Crippen molar-refractivity contribution in [3.63, 3.8) is 0 Å². The Kier molecular flexibility index (Phi) is 2.40. The Morgan fingerprint density at radius 3 is 2.73 bits per heavy atom. The number of rotatable bonds is 1. The fraction of sp³-hybridized carbons (Fsp3) is 0.333. The average molecular weight is 170 g/mol. The molecule has 1 heterocycles. The van der Waals surface area contributed by atoms with E-state index in [1.807, 2.05) is 13.0 Å². The van der Waals surface area contributed by atoms with Crippen LogP contribution in [0.4, 0.5) is 0 Å². The fourth-order valence-corrected chi connectivity index (χ4v) is 1.38. The molecule has 0 unspecified atom stereocenters. The van der Waals surface area contributed by atoms with Crippen LogP contribution in [-0.4, -0.2) is 11.0 Å². The van der Waals surface area contributed by atoms with Crippen LogP contribution in [-0.2, 0) is 0 Å². The third-order valence-corrected chi connectivity index (χ3v) is 1.85. The zero-order valence-corrected chi connectivity index (χ0v) is 7.49.